The van der Waals surface area contributed by atoms with Crippen LogP contribution in [0.1, 0.15) is 33.6 Å². The van der Waals surface area contributed by atoms with E-state index < -0.39 is 0 Å². The highest BCUT2D eigenvalue weighted by molar-refractivity contribution is 4.97. The van der Waals surface area contributed by atoms with Gasteiger partial charge in [0.15, 0.2) is 0 Å². The van der Waals surface area contributed by atoms with Gasteiger partial charge in [-0.1, -0.05) is 26.0 Å². The Kier molecular flexibility index (Phi) is 5.52. The molecule has 0 aliphatic carbocycles. The molecule has 0 aliphatic heterocycles. The Morgan fingerprint density at radius 2 is 2.08 bits per heavy atom. The van der Waals surface area contributed by atoms with Crippen molar-refractivity contribution in [3.63, 3.8) is 0 Å². The van der Waals surface area contributed by atoms with Crippen molar-refractivity contribution in [1.29, 1.82) is 0 Å². The molecule has 0 fully saturated rings. The van der Waals surface area contributed by atoms with Crippen molar-refractivity contribution in [2.75, 3.05) is 6.54 Å². The summed E-state index contributed by atoms with van der Waals surface area (Å²) < 4.78 is 0. The zero-order chi connectivity index (χ0) is 9.56. The predicted molar refractivity (Wildman–Crippen MR) is 56.1 cm³/mol. The van der Waals surface area contributed by atoms with Crippen LogP contribution in [0.4, 0.5) is 0 Å². The molecule has 0 rings (SSSR count). The molecule has 0 N–H and O–H groups in total. The fraction of sp³-hybridized carbons (Fsp3) is 0.636. The van der Waals surface area contributed by atoms with Gasteiger partial charge in [0.25, 0.3) is 0 Å². The van der Waals surface area contributed by atoms with Crippen molar-refractivity contribution in [1.82, 2.24) is 4.90 Å². The van der Waals surface area contributed by atoms with Crippen LogP contribution >= 0.6 is 0 Å². The fourth-order valence-electron chi connectivity index (χ4n) is 1.28. The van der Waals surface area contributed by atoms with Crippen LogP contribution in [0.5, 0.6) is 0 Å². The van der Waals surface area contributed by atoms with Gasteiger partial charge in [-0.15, -0.1) is 6.58 Å². The maximum absolute atomic E-state index is 4.06. The van der Waals surface area contributed by atoms with E-state index in [0.717, 1.165) is 13.0 Å². The van der Waals surface area contributed by atoms with Gasteiger partial charge < -0.3 is 4.90 Å². The molecule has 70 valence electrons. The van der Waals surface area contributed by atoms with E-state index in [1.54, 1.807) is 0 Å². The van der Waals surface area contributed by atoms with Crippen molar-refractivity contribution < 1.29 is 0 Å². The van der Waals surface area contributed by atoms with E-state index in [2.05, 4.69) is 38.8 Å². The van der Waals surface area contributed by atoms with E-state index in [0.29, 0.717) is 6.04 Å². The van der Waals surface area contributed by atoms with E-state index in [1.807, 2.05) is 6.08 Å². The minimum atomic E-state index is 0.530. The summed E-state index contributed by atoms with van der Waals surface area (Å²) in [6.45, 7) is 15.3. The van der Waals surface area contributed by atoms with Crippen LogP contribution in [0.25, 0.3) is 0 Å². The maximum atomic E-state index is 4.06. The minimum Gasteiger partial charge on any atom is -0.369 e. The average Bonchev–Trinajstić information content (AvgIpc) is 1.99. The van der Waals surface area contributed by atoms with Crippen LogP contribution in [0.3, 0.4) is 0 Å². The summed E-state index contributed by atoms with van der Waals surface area (Å²) in [5.41, 5.74) is 1.23. The summed E-state index contributed by atoms with van der Waals surface area (Å²) in [5.74, 6) is 0. The Hall–Kier alpha value is -0.720. The molecule has 0 aromatic heterocycles. The van der Waals surface area contributed by atoms with Gasteiger partial charge in [-0.2, -0.15) is 0 Å². The molecule has 0 radical (unpaired) electrons. The monoisotopic (exact) mass is 167 g/mol. The third kappa shape index (κ3) is 3.61. The first-order valence-electron chi connectivity index (χ1n) is 4.68. The molecule has 1 nitrogen and oxygen atoms in total. The van der Waals surface area contributed by atoms with Crippen LogP contribution in [0.2, 0.25) is 0 Å². The Morgan fingerprint density at radius 3 is 2.42 bits per heavy atom. The van der Waals surface area contributed by atoms with Gasteiger partial charge in [-0.05, 0) is 20.3 Å². The normalized spacial score (nSPS) is 10.0. The van der Waals surface area contributed by atoms with Crippen LogP contribution < -0.4 is 0 Å². The van der Waals surface area contributed by atoms with Gasteiger partial charge in [0.05, 0.1) is 0 Å². The Balaban J connectivity index is 4.08. The van der Waals surface area contributed by atoms with Gasteiger partial charge >= 0.3 is 0 Å². The van der Waals surface area contributed by atoms with Crippen LogP contribution in [-0.4, -0.2) is 17.5 Å². The summed E-state index contributed by atoms with van der Waals surface area (Å²) in [6, 6.07) is 0.530. The lowest BCUT2D eigenvalue weighted by Gasteiger charge is -2.29. The van der Waals surface area contributed by atoms with Crippen molar-refractivity contribution >= 4 is 0 Å². The van der Waals surface area contributed by atoms with Crippen molar-refractivity contribution in [3.05, 3.63) is 24.9 Å². The first-order valence-corrected chi connectivity index (χ1v) is 4.68. The predicted octanol–water partition coefficient (Wildman–Crippen LogP) is 3.20. The number of allylic oxidation sites excluding steroid dienone is 1. The lowest BCUT2D eigenvalue weighted by molar-refractivity contribution is 0.303. The second-order valence-corrected chi connectivity index (χ2v) is 3.35. The van der Waals surface area contributed by atoms with Gasteiger partial charge in [-0.3, -0.25) is 0 Å². The summed E-state index contributed by atoms with van der Waals surface area (Å²) in [7, 11) is 0. The summed E-state index contributed by atoms with van der Waals surface area (Å²) >= 11 is 0. The highest BCUT2D eigenvalue weighted by atomic mass is 15.1. The molecule has 1 heteroatoms. The van der Waals surface area contributed by atoms with E-state index in [9.17, 15) is 0 Å². The molecule has 0 bridgehead atoms. The highest BCUT2D eigenvalue weighted by Gasteiger charge is 2.08. The molecule has 0 heterocycles. The second kappa shape index (κ2) is 5.87. The Labute approximate surface area is 76.8 Å². The summed E-state index contributed by atoms with van der Waals surface area (Å²) in [4.78, 5) is 2.29. The van der Waals surface area contributed by atoms with E-state index in [4.69, 9.17) is 0 Å². The zero-order valence-corrected chi connectivity index (χ0v) is 8.64. The minimum absolute atomic E-state index is 0.530. The fourth-order valence-corrected chi connectivity index (χ4v) is 1.28. The molecule has 0 saturated heterocycles. The number of hydrogen-bond acceptors (Lipinski definition) is 1. The van der Waals surface area contributed by atoms with Crippen LogP contribution in [-0.2, 0) is 0 Å². The van der Waals surface area contributed by atoms with E-state index in [1.165, 1.54) is 12.1 Å². The zero-order valence-electron chi connectivity index (χ0n) is 8.64. The Bertz CT molecular complexity index is 147. The van der Waals surface area contributed by atoms with E-state index in [-0.39, 0.29) is 0 Å². The molecule has 0 aromatic rings. The number of nitrogens with zero attached hydrogens (tertiary/aromatic N) is 1. The van der Waals surface area contributed by atoms with Gasteiger partial charge in [0, 0.05) is 18.3 Å². The average molecular weight is 167 g/mol. The van der Waals surface area contributed by atoms with Crippen molar-refractivity contribution in [2.24, 2.45) is 0 Å². The molecule has 0 unspecified atom stereocenters. The maximum Gasteiger partial charge on any atom is 0.0356 e. The molecule has 0 saturated carbocycles. The summed E-state index contributed by atoms with van der Waals surface area (Å²) in [5, 5.41) is 0. The third-order valence-electron chi connectivity index (χ3n) is 1.89. The molecular weight excluding hydrogens is 146 g/mol. The van der Waals surface area contributed by atoms with Crippen LogP contribution in [0, 0.1) is 0 Å². The first-order chi connectivity index (χ1) is 5.63. The smallest absolute Gasteiger partial charge is 0.0356 e. The third-order valence-corrected chi connectivity index (χ3v) is 1.89. The first kappa shape index (κ1) is 11.3. The Morgan fingerprint density at radius 1 is 1.50 bits per heavy atom. The van der Waals surface area contributed by atoms with E-state index >= 15 is 0 Å². The van der Waals surface area contributed by atoms with Gasteiger partial charge in [0.2, 0.25) is 0 Å². The number of rotatable bonds is 6. The largest absolute Gasteiger partial charge is 0.369 e. The topological polar surface area (TPSA) is 3.24 Å². The number of hydrogen-bond donors (Lipinski definition) is 0. The lowest BCUT2D eigenvalue weighted by Crippen LogP contribution is -2.29. The summed E-state index contributed by atoms with van der Waals surface area (Å²) in [6.07, 6.45) is 4.19. The standard InChI is InChI=1S/C11H21N/c1-6-8-11(5)12(9-7-2)10(3)4/h7,10H,2,5-6,8-9H2,1,3-4H3. The second-order valence-electron chi connectivity index (χ2n) is 3.35. The molecule has 0 atom stereocenters. The molecule has 0 aliphatic rings. The van der Waals surface area contributed by atoms with Crippen molar-refractivity contribution in [3.8, 4) is 0 Å². The molecule has 0 aromatic carbocycles. The molecular formula is C11H21N. The molecule has 0 spiro atoms. The van der Waals surface area contributed by atoms with Gasteiger partial charge in [0.1, 0.15) is 0 Å². The highest BCUT2D eigenvalue weighted by Crippen LogP contribution is 2.12. The molecule has 0 amide bonds. The molecule has 12 heavy (non-hydrogen) atoms. The van der Waals surface area contributed by atoms with Gasteiger partial charge in [-0.25, -0.2) is 0 Å². The quantitative estimate of drug-likeness (QED) is 0.549. The van der Waals surface area contributed by atoms with Crippen LogP contribution in [0.15, 0.2) is 24.9 Å². The lowest BCUT2D eigenvalue weighted by atomic mass is 10.2. The van der Waals surface area contributed by atoms with Crippen molar-refractivity contribution in [2.45, 2.75) is 39.7 Å². The SMILES string of the molecule is C=CCN(C(=C)CCC)C(C)C.